The Morgan fingerprint density at radius 1 is 1.09 bits per heavy atom. The summed E-state index contributed by atoms with van der Waals surface area (Å²) in [5.41, 5.74) is 0.613. The van der Waals surface area contributed by atoms with Crippen molar-refractivity contribution in [2.45, 2.75) is 39.8 Å². The lowest BCUT2D eigenvalue weighted by Crippen LogP contribution is -2.51. The highest BCUT2D eigenvalue weighted by atomic mass is 32.2. The van der Waals surface area contributed by atoms with Crippen LogP contribution in [-0.4, -0.2) is 56.3 Å². The van der Waals surface area contributed by atoms with Crippen molar-refractivity contribution in [3.05, 3.63) is 65.5 Å². The van der Waals surface area contributed by atoms with Gasteiger partial charge in [0, 0.05) is 24.2 Å². The highest BCUT2D eigenvalue weighted by Gasteiger charge is 2.30. The number of anilines is 1. The topological polar surface area (TPSA) is 104 Å². The Balaban J connectivity index is 2.42. The average Bonchev–Trinajstić information content (AvgIpc) is 2.79. The average molecular weight is 492 g/mol. The number of sulfonamides is 1. The quantitative estimate of drug-likeness (QED) is 0.487. The Morgan fingerprint density at radius 3 is 2.35 bits per heavy atom. The van der Waals surface area contributed by atoms with Gasteiger partial charge < -0.3 is 10.2 Å². The third kappa shape index (κ3) is 7.11. The molecule has 0 aromatic heterocycles. The second-order valence-electron chi connectivity index (χ2n) is 7.96. The van der Waals surface area contributed by atoms with Crippen molar-refractivity contribution in [3.63, 3.8) is 0 Å². The molecule has 2 rings (SSSR count). The number of nitrogens with zero attached hydrogens (tertiary/aromatic N) is 2. The van der Waals surface area contributed by atoms with Crippen LogP contribution < -0.4 is 9.62 Å². The van der Waals surface area contributed by atoms with E-state index >= 15 is 0 Å². The predicted octanol–water partition coefficient (Wildman–Crippen LogP) is 2.74. The van der Waals surface area contributed by atoms with Gasteiger partial charge in [0.1, 0.15) is 18.4 Å². The predicted molar refractivity (Wildman–Crippen MR) is 128 cm³/mol. The zero-order valence-electron chi connectivity index (χ0n) is 19.7. The van der Waals surface area contributed by atoms with Crippen LogP contribution in [0.2, 0.25) is 0 Å². The molecular weight excluding hydrogens is 461 g/mol. The molecule has 0 heterocycles. The lowest BCUT2D eigenvalue weighted by atomic mass is 10.1. The van der Waals surface area contributed by atoms with Crippen LogP contribution in [-0.2, 0) is 26.2 Å². The van der Waals surface area contributed by atoms with Gasteiger partial charge in [0.05, 0.1) is 11.9 Å². The van der Waals surface area contributed by atoms with Gasteiger partial charge in [-0.05, 0) is 38.5 Å². The van der Waals surface area contributed by atoms with Gasteiger partial charge in [-0.1, -0.05) is 37.3 Å². The minimum absolute atomic E-state index is 0.137. The van der Waals surface area contributed by atoms with Gasteiger partial charge in [-0.2, -0.15) is 0 Å². The van der Waals surface area contributed by atoms with Crippen LogP contribution in [0.3, 0.4) is 0 Å². The van der Waals surface area contributed by atoms with E-state index in [9.17, 15) is 27.2 Å². The Labute approximate surface area is 199 Å². The first kappa shape index (κ1) is 27.0. The summed E-state index contributed by atoms with van der Waals surface area (Å²) in [6, 6.07) is 10.8. The first-order chi connectivity index (χ1) is 16.0. The van der Waals surface area contributed by atoms with Crippen molar-refractivity contribution in [2.75, 3.05) is 23.7 Å². The molecule has 34 heavy (non-hydrogen) atoms. The second-order valence-corrected chi connectivity index (χ2v) is 9.86. The molecule has 0 aliphatic rings. The van der Waals surface area contributed by atoms with E-state index in [1.165, 1.54) is 50.2 Å². The molecule has 184 valence electrons. The van der Waals surface area contributed by atoms with Gasteiger partial charge in [-0.15, -0.1) is 0 Å². The maximum atomic E-state index is 14.3. The number of carbonyl (C=O) groups is 3. The van der Waals surface area contributed by atoms with Gasteiger partial charge >= 0.3 is 0 Å². The SMILES string of the molecule is CCCNC(=O)[C@@H](C)N(Cc1ccccc1F)C(=O)CN(c1cccc(C(C)=O)c1)S(C)(=O)=O. The molecule has 0 saturated heterocycles. The molecule has 1 atom stereocenters. The molecule has 2 aromatic rings. The van der Waals surface area contributed by atoms with E-state index in [0.717, 1.165) is 15.5 Å². The molecule has 0 aliphatic carbocycles. The molecule has 0 unspecified atom stereocenters. The summed E-state index contributed by atoms with van der Waals surface area (Å²) >= 11 is 0. The van der Waals surface area contributed by atoms with Gasteiger partial charge in [0.2, 0.25) is 21.8 Å². The first-order valence-electron chi connectivity index (χ1n) is 10.8. The highest BCUT2D eigenvalue weighted by molar-refractivity contribution is 7.92. The summed E-state index contributed by atoms with van der Waals surface area (Å²) in [5.74, 6) is -1.93. The van der Waals surface area contributed by atoms with E-state index in [2.05, 4.69) is 5.32 Å². The van der Waals surface area contributed by atoms with E-state index in [1.54, 1.807) is 12.1 Å². The molecule has 1 N–H and O–H groups in total. The third-order valence-corrected chi connectivity index (χ3v) is 6.38. The normalized spacial score (nSPS) is 12.0. The van der Waals surface area contributed by atoms with E-state index in [4.69, 9.17) is 0 Å². The lowest BCUT2D eigenvalue weighted by Gasteiger charge is -2.31. The molecule has 0 fully saturated rings. The highest BCUT2D eigenvalue weighted by Crippen LogP contribution is 2.21. The van der Waals surface area contributed by atoms with Crippen LogP contribution in [0.4, 0.5) is 10.1 Å². The van der Waals surface area contributed by atoms with Crippen molar-refractivity contribution in [2.24, 2.45) is 0 Å². The molecule has 10 heteroatoms. The molecule has 0 radical (unpaired) electrons. The molecule has 2 aromatic carbocycles. The van der Waals surface area contributed by atoms with Gasteiger partial charge in [-0.25, -0.2) is 12.8 Å². The summed E-state index contributed by atoms with van der Waals surface area (Å²) in [4.78, 5) is 38.9. The van der Waals surface area contributed by atoms with Crippen LogP contribution in [0.15, 0.2) is 48.5 Å². The monoisotopic (exact) mass is 491 g/mol. The van der Waals surface area contributed by atoms with Crippen molar-refractivity contribution in [1.82, 2.24) is 10.2 Å². The molecule has 8 nitrogen and oxygen atoms in total. The summed E-state index contributed by atoms with van der Waals surface area (Å²) in [6.45, 7) is 4.29. The van der Waals surface area contributed by atoms with Crippen LogP contribution in [0.5, 0.6) is 0 Å². The van der Waals surface area contributed by atoms with Crippen LogP contribution >= 0.6 is 0 Å². The van der Waals surface area contributed by atoms with Crippen molar-refractivity contribution in [3.8, 4) is 0 Å². The first-order valence-corrected chi connectivity index (χ1v) is 12.7. The molecule has 0 spiro atoms. The van der Waals surface area contributed by atoms with E-state index in [0.29, 0.717) is 13.0 Å². The molecular formula is C24H30FN3O5S. The van der Waals surface area contributed by atoms with E-state index < -0.39 is 40.2 Å². The van der Waals surface area contributed by atoms with Gasteiger partial charge in [0.15, 0.2) is 5.78 Å². The summed E-state index contributed by atoms with van der Waals surface area (Å²) < 4.78 is 40.3. The minimum Gasteiger partial charge on any atom is -0.354 e. The lowest BCUT2D eigenvalue weighted by molar-refractivity contribution is -0.139. The summed E-state index contributed by atoms with van der Waals surface area (Å²) in [7, 11) is -3.93. The fourth-order valence-electron chi connectivity index (χ4n) is 3.28. The van der Waals surface area contributed by atoms with Gasteiger partial charge in [-0.3, -0.25) is 18.7 Å². The van der Waals surface area contributed by atoms with Crippen LogP contribution in [0, 0.1) is 5.82 Å². The van der Waals surface area contributed by atoms with Crippen molar-refractivity contribution >= 4 is 33.3 Å². The number of rotatable bonds is 11. The number of ketones is 1. The number of benzene rings is 2. The minimum atomic E-state index is -3.93. The number of halogens is 1. The second kappa shape index (κ2) is 11.7. The Bertz CT molecular complexity index is 1150. The fourth-order valence-corrected chi connectivity index (χ4v) is 4.12. The number of hydrogen-bond acceptors (Lipinski definition) is 5. The molecule has 2 amide bonds. The van der Waals surface area contributed by atoms with Gasteiger partial charge in [0.25, 0.3) is 0 Å². The summed E-state index contributed by atoms with van der Waals surface area (Å²) in [5, 5.41) is 2.71. The number of amides is 2. The molecule has 0 aliphatic heterocycles. The standard InChI is InChI=1S/C24H30FN3O5S/c1-5-13-26-24(31)17(2)27(15-20-9-6-7-12-22(20)25)23(30)16-28(34(4,32)33)21-11-8-10-19(14-21)18(3)29/h6-12,14,17H,5,13,15-16H2,1-4H3,(H,26,31)/t17-/m1/s1. The Kier molecular flexibility index (Phi) is 9.31. The third-order valence-electron chi connectivity index (χ3n) is 5.23. The fraction of sp³-hybridized carbons (Fsp3) is 0.375. The maximum Gasteiger partial charge on any atom is 0.244 e. The number of hydrogen-bond donors (Lipinski definition) is 1. The van der Waals surface area contributed by atoms with Crippen LogP contribution in [0.25, 0.3) is 0 Å². The maximum absolute atomic E-state index is 14.3. The number of Topliss-reactive ketones (excluding diaryl/α,β-unsaturated/α-hetero) is 1. The largest absolute Gasteiger partial charge is 0.354 e. The Morgan fingerprint density at radius 2 is 1.76 bits per heavy atom. The van der Waals surface area contributed by atoms with Crippen molar-refractivity contribution in [1.29, 1.82) is 0 Å². The smallest absolute Gasteiger partial charge is 0.244 e. The zero-order chi connectivity index (χ0) is 25.5. The van der Waals surface area contributed by atoms with E-state index in [1.807, 2.05) is 6.92 Å². The summed E-state index contributed by atoms with van der Waals surface area (Å²) in [6.07, 6.45) is 1.63. The number of carbonyl (C=O) groups excluding carboxylic acids is 3. The van der Waals surface area contributed by atoms with Crippen molar-refractivity contribution < 1.29 is 27.2 Å². The number of nitrogens with one attached hydrogen (secondary N) is 1. The zero-order valence-corrected chi connectivity index (χ0v) is 20.6. The molecule has 0 saturated carbocycles. The molecule has 0 bridgehead atoms. The Hall–Kier alpha value is -3.27. The van der Waals surface area contributed by atoms with Crippen LogP contribution in [0.1, 0.15) is 43.1 Å². The van der Waals surface area contributed by atoms with E-state index in [-0.39, 0.29) is 29.1 Å².